The second kappa shape index (κ2) is 3.79. The van der Waals surface area contributed by atoms with Gasteiger partial charge in [0.05, 0.1) is 12.2 Å². The third kappa shape index (κ3) is 3.18. The van der Waals surface area contributed by atoms with Gasteiger partial charge in [-0.25, -0.2) is 4.79 Å². The summed E-state index contributed by atoms with van der Waals surface area (Å²) in [6.45, 7) is 5.97. The SMILES string of the molecule is CC(C)(C)OCc1cc(C(=O)O)on1. The monoisotopic (exact) mass is 199 g/mol. The van der Waals surface area contributed by atoms with Crippen LogP contribution in [-0.2, 0) is 11.3 Å². The molecule has 0 aromatic carbocycles. The molecule has 1 rings (SSSR count). The number of carbonyl (C=O) groups is 1. The number of carboxylic acid groups (broad SMARTS) is 1. The predicted octanol–water partition coefficient (Wildman–Crippen LogP) is 1.69. The first-order chi connectivity index (χ1) is 6.38. The topological polar surface area (TPSA) is 72.6 Å². The minimum absolute atomic E-state index is 0.169. The number of aromatic nitrogens is 1. The zero-order chi connectivity index (χ0) is 10.8. The van der Waals surface area contributed by atoms with E-state index in [1.54, 1.807) is 0 Å². The Balaban J connectivity index is 2.56. The van der Waals surface area contributed by atoms with E-state index in [4.69, 9.17) is 9.84 Å². The van der Waals surface area contributed by atoms with Crippen LogP contribution in [-0.4, -0.2) is 21.8 Å². The smallest absolute Gasteiger partial charge is 0.374 e. The fourth-order valence-electron chi connectivity index (χ4n) is 0.771. The lowest BCUT2D eigenvalue weighted by Gasteiger charge is -2.18. The molecule has 14 heavy (non-hydrogen) atoms. The molecule has 0 radical (unpaired) electrons. The summed E-state index contributed by atoms with van der Waals surface area (Å²) in [5, 5.41) is 12.1. The van der Waals surface area contributed by atoms with Gasteiger partial charge in [-0.15, -0.1) is 0 Å². The maximum Gasteiger partial charge on any atom is 0.374 e. The van der Waals surface area contributed by atoms with Crippen molar-refractivity contribution in [3.8, 4) is 0 Å². The summed E-state index contributed by atoms with van der Waals surface area (Å²) in [6.07, 6.45) is 0. The second-order valence-electron chi connectivity index (χ2n) is 3.89. The van der Waals surface area contributed by atoms with Gasteiger partial charge >= 0.3 is 5.97 Å². The zero-order valence-corrected chi connectivity index (χ0v) is 8.40. The van der Waals surface area contributed by atoms with E-state index in [0.717, 1.165) is 0 Å². The Morgan fingerprint density at radius 1 is 1.64 bits per heavy atom. The van der Waals surface area contributed by atoms with E-state index < -0.39 is 5.97 Å². The van der Waals surface area contributed by atoms with Crippen molar-refractivity contribution in [2.24, 2.45) is 0 Å². The Hall–Kier alpha value is -1.36. The van der Waals surface area contributed by atoms with Crippen LogP contribution in [0.3, 0.4) is 0 Å². The van der Waals surface area contributed by atoms with E-state index in [-0.39, 0.29) is 18.0 Å². The molecule has 78 valence electrons. The summed E-state index contributed by atoms with van der Waals surface area (Å²) in [7, 11) is 0. The fraction of sp³-hybridized carbons (Fsp3) is 0.556. The van der Waals surface area contributed by atoms with Crippen LogP contribution >= 0.6 is 0 Å². The standard InChI is InChI=1S/C9H13NO4/c1-9(2,3)13-5-6-4-7(8(11)12)14-10-6/h4H,5H2,1-3H3,(H,11,12). The predicted molar refractivity (Wildman–Crippen MR) is 48.0 cm³/mol. The molecule has 0 aliphatic carbocycles. The number of hydrogen-bond acceptors (Lipinski definition) is 4. The largest absolute Gasteiger partial charge is 0.475 e. The average molecular weight is 199 g/mol. The van der Waals surface area contributed by atoms with Crippen molar-refractivity contribution < 1.29 is 19.2 Å². The summed E-state index contributed by atoms with van der Waals surface area (Å²) < 4.78 is 9.95. The Kier molecular flexibility index (Phi) is 2.90. The van der Waals surface area contributed by atoms with Crippen molar-refractivity contribution >= 4 is 5.97 Å². The molecule has 0 atom stereocenters. The molecule has 0 bridgehead atoms. The van der Waals surface area contributed by atoms with Crippen LogP contribution in [0.2, 0.25) is 0 Å². The molecular weight excluding hydrogens is 186 g/mol. The lowest BCUT2D eigenvalue weighted by Crippen LogP contribution is -2.18. The third-order valence-electron chi connectivity index (χ3n) is 1.42. The van der Waals surface area contributed by atoms with Gasteiger partial charge in [-0.2, -0.15) is 0 Å². The van der Waals surface area contributed by atoms with E-state index in [1.165, 1.54) is 6.07 Å². The van der Waals surface area contributed by atoms with Crippen molar-refractivity contribution in [2.45, 2.75) is 33.0 Å². The van der Waals surface area contributed by atoms with Gasteiger partial charge in [-0.3, -0.25) is 0 Å². The summed E-state index contributed by atoms with van der Waals surface area (Å²) in [5.41, 5.74) is 0.208. The minimum Gasteiger partial charge on any atom is -0.475 e. The fourth-order valence-corrected chi connectivity index (χ4v) is 0.771. The number of aromatic carboxylic acids is 1. The molecule has 0 saturated heterocycles. The van der Waals surface area contributed by atoms with Crippen LogP contribution in [0, 0.1) is 0 Å². The van der Waals surface area contributed by atoms with Gasteiger partial charge in [-0.1, -0.05) is 5.16 Å². The van der Waals surface area contributed by atoms with Crippen LogP contribution in [0.5, 0.6) is 0 Å². The molecule has 5 nitrogen and oxygen atoms in total. The van der Waals surface area contributed by atoms with Crippen molar-refractivity contribution in [1.82, 2.24) is 5.16 Å². The number of nitrogens with zero attached hydrogens (tertiary/aromatic N) is 1. The van der Waals surface area contributed by atoms with Gasteiger partial charge in [-0.05, 0) is 20.8 Å². The average Bonchev–Trinajstić information content (AvgIpc) is 2.47. The maximum absolute atomic E-state index is 10.4. The first-order valence-electron chi connectivity index (χ1n) is 4.21. The normalized spacial score (nSPS) is 11.6. The molecule has 0 aliphatic heterocycles. The summed E-state index contributed by atoms with van der Waals surface area (Å²) in [6, 6.07) is 1.36. The van der Waals surface area contributed by atoms with Crippen LogP contribution in [0.4, 0.5) is 0 Å². The molecule has 5 heteroatoms. The Labute approximate surface area is 81.7 Å². The van der Waals surface area contributed by atoms with Crippen LogP contribution in [0.25, 0.3) is 0 Å². The van der Waals surface area contributed by atoms with E-state index >= 15 is 0 Å². The van der Waals surface area contributed by atoms with E-state index in [2.05, 4.69) is 9.68 Å². The summed E-state index contributed by atoms with van der Waals surface area (Å²) in [4.78, 5) is 10.4. The molecule has 1 aromatic rings. The highest BCUT2D eigenvalue weighted by molar-refractivity contribution is 5.84. The summed E-state index contributed by atoms with van der Waals surface area (Å²) >= 11 is 0. The van der Waals surface area contributed by atoms with Crippen LogP contribution < -0.4 is 0 Å². The van der Waals surface area contributed by atoms with E-state index in [1.807, 2.05) is 20.8 Å². The van der Waals surface area contributed by atoms with Gasteiger partial charge < -0.3 is 14.4 Å². The third-order valence-corrected chi connectivity index (χ3v) is 1.42. The van der Waals surface area contributed by atoms with Gasteiger partial charge in [0.25, 0.3) is 0 Å². The molecule has 1 N–H and O–H groups in total. The molecule has 0 aliphatic rings. The molecule has 0 spiro atoms. The van der Waals surface area contributed by atoms with Gasteiger partial charge in [0.1, 0.15) is 5.69 Å². The van der Waals surface area contributed by atoms with Gasteiger partial charge in [0, 0.05) is 6.07 Å². The number of ether oxygens (including phenoxy) is 1. The number of rotatable bonds is 3. The van der Waals surface area contributed by atoms with Crippen molar-refractivity contribution in [3.05, 3.63) is 17.5 Å². The van der Waals surface area contributed by atoms with Crippen LogP contribution in [0.15, 0.2) is 10.6 Å². The Morgan fingerprint density at radius 3 is 2.71 bits per heavy atom. The summed E-state index contributed by atoms with van der Waals surface area (Å²) in [5.74, 6) is -1.29. The first-order valence-corrected chi connectivity index (χ1v) is 4.21. The zero-order valence-electron chi connectivity index (χ0n) is 8.40. The Morgan fingerprint density at radius 2 is 2.29 bits per heavy atom. The number of hydrogen-bond donors (Lipinski definition) is 1. The highest BCUT2D eigenvalue weighted by Gasteiger charge is 2.14. The van der Waals surface area contributed by atoms with E-state index in [0.29, 0.717) is 5.69 Å². The first kappa shape index (κ1) is 10.7. The highest BCUT2D eigenvalue weighted by Crippen LogP contribution is 2.11. The maximum atomic E-state index is 10.4. The minimum atomic E-state index is -1.13. The quantitative estimate of drug-likeness (QED) is 0.801. The molecule has 0 fully saturated rings. The second-order valence-corrected chi connectivity index (χ2v) is 3.89. The molecule has 0 unspecified atom stereocenters. The van der Waals surface area contributed by atoms with Crippen molar-refractivity contribution in [3.63, 3.8) is 0 Å². The van der Waals surface area contributed by atoms with Crippen molar-refractivity contribution in [2.75, 3.05) is 0 Å². The molecule has 1 aromatic heterocycles. The highest BCUT2D eigenvalue weighted by atomic mass is 16.5. The lowest BCUT2D eigenvalue weighted by atomic mass is 10.2. The number of carboxylic acids is 1. The van der Waals surface area contributed by atoms with Gasteiger partial charge in [0.2, 0.25) is 5.76 Å². The van der Waals surface area contributed by atoms with Crippen LogP contribution in [0.1, 0.15) is 37.0 Å². The van der Waals surface area contributed by atoms with Crippen molar-refractivity contribution in [1.29, 1.82) is 0 Å². The van der Waals surface area contributed by atoms with E-state index in [9.17, 15) is 4.79 Å². The molecular formula is C9H13NO4. The Bertz CT molecular complexity index is 324. The molecule has 0 saturated carbocycles. The lowest BCUT2D eigenvalue weighted by molar-refractivity contribution is -0.0174. The molecule has 1 heterocycles. The molecule has 0 amide bonds. The van der Waals surface area contributed by atoms with Gasteiger partial charge in [0.15, 0.2) is 0 Å².